The van der Waals surface area contributed by atoms with Crippen LogP contribution in [0.25, 0.3) is 0 Å². The lowest BCUT2D eigenvalue weighted by atomic mass is 10.1. The summed E-state index contributed by atoms with van der Waals surface area (Å²) in [6, 6.07) is 6.07. The average molecular weight is 202 g/mol. The normalized spacial score (nSPS) is 9.15. The zero-order valence-corrected chi connectivity index (χ0v) is 8.86. The Labute approximate surface area is 85.5 Å². The molecule has 0 radical (unpaired) electrons. The molecule has 1 aromatic carbocycles. The minimum atomic E-state index is 0. The zero-order valence-electron chi connectivity index (χ0n) is 8.04. The maximum absolute atomic E-state index is 5.47. The van der Waals surface area contributed by atoms with Gasteiger partial charge in [0.1, 0.15) is 5.75 Å². The molecule has 0 heterocycles. The third-order valence-corrected chi connectivity index (χ3v) is 1.96. The molecule has 0 atom stereocenters. The third kappa shape index (κ3) is 3.25. The highest BCUT2D eigenvalue weighted by molar-refractivity contribution is 5.85. The van der Waals surface area contributed by atoms with Gasteiger partial charge in [-0.3, -0.25) is 0 Å². The number of nitrogens with two attached hydrogens (primary N) is 1. The average Bonchev–Trinajstić information content (AvgIpc) is 2.09. The fourth-order valence-electron chi connectivity index (χ4n) is 1.23. The summed E-state index contributed by atoms with van der Waals surface area (Å²) in [6.45, 7) is 2.78. The second kappa shape index (κ2) is 5.84. The van der Waals surface area contributed by atoms with Crippen LogP contribution in [0.5, 0.6) is 5.75 Å². The molecule has 13 heavy (non-hydrogen) atoms. The molecule has 0 aromatic heterocycles. The predicted octanol–water partition coefficient (Wildman–Crippen LogP) is 1.93. The third-order valence-electron chi connectivity index (χ3n) is 1.96. The number of benzene rings is 1. The highest BCUT2D eigenvalue weighted by Crippen LogP contribution is 2.16. The van der Waals surface area contributed by atoms with E-state index < -0.39 is 0 Å². The largest absolute Gasteiger partial charge is 0.497 e. The van der Waals surface area contributed by atoms with Crippen LogP contribution in [0.1, 0.15) is 11.1 Å². The summed E-state index contributed by atoms with van der Waals surface area (Å²) in [4.78, 5) is 0. The molecule has 2 N–H and O–H groups in total. The summed E-state index contributed by atoms with van der Waals surface area (Å²) >= 11 is 0. The standard InChI is InChI=1S/C10H15NO.ClH/c1-8-7-10(12-2)4-3-9(8)5-6-11;/h3-4,7H,5-6,11H2,1-2H3;1H. The van der Waals surface area contributed by atoms with Crippen molar-refractivity contribution in [3.63, 3.8) is 0 Å². The summed E-state index contributed by atoms with van der Waals surface area (Å²) in [5.74, 6) is 0.910. The van der Waals surface area contributed by atoms with Crippen molar-refractivity contribution in [3.8, 4) is 5.75 Å². The maximum Gasteiger partial charge on any atom is 0.119 e. The lowest BCUT2D eigenvalue weighted by Gasteiger charge is -2.06. The van der Waals surface area contributed by atoms with Gasteiger partial charge in [0, 0.05) is 0 Å². The highest BCUT2D eigenvalue weighted by atomic mass is 35.5. The first-order valence-corrected chi connectivity index (χ1v) is 4.11. The van der Waals surface area contributed by atoms with Gasteiger partial charge in [-0.25, -0.2) is 0 Å². The van der Waals surface area contributed by atoms with Gasteiger partial charge in [-0.05, 0) is 43.1 Å². The van der Waals surface area contributed by atoms with E-state index in [1.807, 2.05) is 12.1 Å². The zero-order chi connectivity index (χ0) is 8.97. The van der Waals surface area contributed by atoms with Crippen LogP contribution in [0.15, 0.2) is 18.2 Å². The van der Waals surface area contributed by atoms with E-state index in [-0.39, 0.29) is 12.4 Å². The summed E-state index contributed by atoms with van der Waals surface area (Å²) in [6.07, 6.45) is 0.940. The fourth-order valence-corrected chi connectivity index (χ4v) is 1.23. The van der Waals surface area contributed by atoms with Crippen LogP contribution in [0, 0.1) is 6.92 Å². The molecule has 3 heteroatoms. The van der Waals surface area contributed by atoms with Crippen LogP contribution < -0.4 is 10.5 Å². The van der Waals surface area contributed by atoms with E-state index in [9.17, 15) is 0 Å². The molecule has 1 aromatic rings. The first-order chi connectivity index (χ1) is 5.77. The van der Waals surface area contributed by atoms with Gasteiger partial charge >= 0.3 is 0 Å². The van der Waals surface area contributed by atoms with Crippen molar-refractivity contribution < 1.29 is 4.74 Å². The second-order valence-electron chi connectivity index (χ2n) is 2.83. The number of ether oxygens (including phenoxy) is 1. The molecular weight excluding hydrogens is 186 g/mol. The highest BCUT2D eigenvalue weighted by Gasteiger charge is 1.98. The molecule has 1 rings (SSSR count). The van der Waals surface area contributed by atoms with Crippen LogP contribution in [0.4, 0.5) is 0 Å². The van der Waals surface area contributed by atoms with E-state index in [0.717, 1.165) is 12.2 Å². The Kier molecular flexibility index (Phi) is 5.51. The van der Waals surface area contributed by atoms with Crippen molar-refractivity contribution in [2.75, 3.05) is 13.7 Å². The molecule has 0 unspecified atom stereocenters. The predicted molar refractivity (Wildman–Crippen MR) is 57.7 cm³/mol. The fraction of sp³-hybridized carbons (Fsp3) is 0.400. The second-order valence-corrected chi connectivity index (χ2v) is 2.83. The molecule has 0 spiro atoms. The molecule has 0 saturated heterocycles. The van der Waals surface area contributed by atoms with Crippen LogP contribution >= 0.6 is 12.4 Å². The molecule has 2 nitrogen and oxygen atoms in total. The van der Waals surface area contributed by atoms with E-state index in [1.165, 1.54) is 11.1 Å². The lowest BCUT2D eigenvalue weighted by molar-refractivity contribution is 0.414. The maximum atomic E-state index is 5.47. The van der Waals surface area contributed by atoms with Gasteiger partial charge in [0.15, 0.2) is 0 Å². The minimum Gasteiger partial charge on any atom is -0.497 e. The van der Waals surface area contributed by atoms with E-state index in [4.69, 9.17) is 10.5 Å². The molecule has 0 aliphatic carbocycles. The van der Waals surface area contributed by atoms with Crippen molar-refractivity contribution in [1.29, 1.82) is 0 Å². The topological polar surface area (TPSA) is 35.2 Å². The Morgan fingerprint density at radius 1 is 1.38 bits per heavy atom. The van der Waals surface area contributed by atoms with Gasteiger partial charge in [0.2, 0.25) is 0 Å². The first-order valence-electron chi connectivity index (χ1n) is 4.11. The Bertz CT molecular complexity index is 263. The van der Waals surface area contributed by atoms with Crippen LogP contribution in [0.3, 0.4) is 0 Å². The smallest absolute Gasteiger partial charge is 0.119 e. The monoisotopic (exact) mass is 201 g/mol. The van der Waals surface area contributed by atoms with Gasteiger partial charge in [0.25, 0.3) is 0 Å². The lowest BCUT2D eigenvalue weighted by Crippen LogP contribution is -2.04. The molecule has 74 valence electrons. The van der Waals surface area contributed by atoms with Crippen molar-refractivity contribution in [2.24, 2.45) is 5.73 Å². The Morgan fingerprint density at radius 3 is 2.54 bits per heavy atom. The molecule has 0 fully saturated rings. The molecule has 0 amide bonds. The first kappa shape index (κ1) is 12.3. The summed E-state index contributed by atoms with van der Waals surface area (Å²) in [5.41, 5.74) is 8.02. The summed E-state index contributed by atoms with van der Waals surface area (Å²) in [7, 11) is 1.68. The van der Waals surface area contributed by atoms with Crippen LogP contribution in [0.2, 0.25) is 0 Å². The van der Waals surface area contributed by atoms with Gasteiger partial charge in [-0.15, -0.1) is 12.4 Å². The number of hydrogen-bond donors (Lipinski definition) is 1. The van der Waals surface area contributed by atoms with Crippen molar-refractivity contribution in [1.82, 2.24) is 0 Å². The summed E-state index contributed by atoms with van der Waals surface area (Å²) in [5, 5.41) is 0. The molecule has 0 aliphatic heterocycles. The van der Waals surface area contributed by atoms with Gasteiger partial charge in [-0.1, -0.05) is 6.07 Å². The van der Waals surface area contributed by atoms with Crippen molar-refractivity contribution in [2.45, 2.75) is 13.3 Å². The van der Waals surface area contributed by atoms with E-state index in [1.54, 1.807) is 7.11 Å². The van der Waals surface area contributed by atoms with Crippen LogP contribution in [-0.4, -0.2) is 13.7 Å². The molecular formula is C10H16ClNO. The molecule has 0 aliphatic rings. The Hall–Kier alpha value is -0.730. The quantitative estimate of drug-likeness (QED) is 0.811. The van der Waals surface area contributed by atoms with Gasteiger partial charge < -0.3 is 10.5 Å². The number of aryl methyl sites for hydroxylation is 1. The molecule has 0 saturated carbocycles. The number of rotatable bonds is 3. The van der Waals surface area contributed by atoms with Crippen molar-refractivity contribution >= 4 is 12.4 Å². The Balaban J connectivity index is 0.00000144. The number of hydrogen-bond acceptors (Lipinski definition) is 2. The van der Waals surface area contributed by atoms with Crippen LogP contribution in [-0.2, 0) is 6.42 Å². The van der Waals surface area contributed by atoms with E-state index in [0.29, 0.717) is 6.54 Å². The number of halogens is 1. The summed E-state index contributed by atoms with van der Waals surface area (Å²) < 4.78 is 5.10. The minimum absolute atomic E-state index is 0. The van der Waals surface area contributed by atoms with Gasteiger partial charge in [0.05, 0.1) is 7.11 Å². The van der Waals surface area contributed by atoms with Gasteiger partial charge in [-0.2, -0.15) is 0 Å². The Morgan fingerprint density at radius 2 is 2.08 bits per heavy atom. The SMILES string of the molecule is COc1ccc(CCN)c(C)c1.Cl. The number of methoxy groups -OCH3 is 1. The van der Waals surface area contributed by atoms with Crippen molar-refractivity contribution in [3.05, 3.63) is 29.3 Å². The van der Waals surface area contributed by atoms with E-state index >= 15 is 0 Å². The van der Waals surface area contributed by atoms with E-state index in [2.05, 4.69) is 13.0 Å². The molecule has 0 bridgehead atoms.